The standard InChI is InChI=1S/C18H25NS/c1-6-19-18(12(2)3)17-11-10-16(20-17)15-9-7-8-13(4)14(15)5/h7-12,18-19H,6H2,1-5H3. The number of nitrogens with one attached hydrogen (secondary N) is 1. The van der Waals surface area contributed by atoms with Crippen molar-refractivity contribution in [2.24, 2.45) is 5.92 Å². The van der Waals surface area contributed by atoms with E-state index in [1.807, 2.05) is 11.3 Å². The summed E-state index contributed by atoms with van der Waals surface area (Å²) in [5.74, 6) is 0.611. The van der Waals surface area contributed by atoms with Crippen LogP contribution in [0.15, 0.2) is 30.3 Å². The summed E-state index contributed by atoms with van der Waals surface area (Å²) in [5.41, 5.74) is 4.13. The third kappa shape index (κ3) is 3.13. The molecular formula is C18H25NS. The highest BCUT2D eigenvalue weighted by Gasteiger charge is 2.17. The van der Waals surface area contributed by atoms with Gasteiger partial charge in [0.1, 0.15) is 0 Å². The summed E-state index contributed by atoms with van der Waals surface area (Å²) in [6.45, 7) is 12.2. The van der Waals surface area contributed by atoms with Gasteiger partial charge in [-0.2, -0.15) is 0 Å². The van der Waals surface area contributed by atoms with E-state index >= 15 is 0 Å². The van der Waals surface area contributed by atoms with Crippen LogP contribution < -0.4 is 5.32 Å². The molecule has 0 aliphatic carbocycles. The van der Waals surface area contributed by atoms with Crippen LogP contribution in [0.4, 0.5) is 0 Å². The van der Waals surface area contributed by atoms with Gasteiger partial charge in [-0.15, -0.1) is 11.3 Å². The van der Waals surface area contributed by atoms with E-state index in [4.69, 9.17) is 0 Å². The Morgan fingerprint density at radius 1 is 1.10 bits per heavy atom. The number of thiophene rings is 1. The molecular weight excluding hydrogens is 262 g/mol. The highest BCUT2D eigenvalue weighted by atomic mass is 32.1. The Kier molecular flexibility index (Phi) is 5.00. The molecule has 0 spiro atoms. The van der Waals surface area contributed by atoms with Gasteiger partial charge >= 0.3 is 0 Å². The molecule has 0 amide bonds. The SMILES string of the molecule is CCNC(c1ccc(-c2cccc(C)c2C)s1)C(C)C. The summed E-state index contributed by atoms with van der Waals surface area (Å²) in [6, 6.07) is 11.6. The topological polar surface area (TPSA) is 12.0 Å². The lowest BCUT2D eigenvalue weighted by molar-refractivity contribution is 0.428. The minimum absolute atomic E-state index is 0.462. The minimum atomic E-state index is 0.462. The minimum Gasteiger partial charge on any atom is -0.309 e. The fourth-order valence-corrected chi connectivity index (χ4v) is 3.91. The lowest BCUT2D eigenvalue weighted by atomic mass is 10.0. The van der Waals surface area contributed by atoms with Crippen LogP contribution in [-0.4, -0.2) is 6.54 Å². The first kappa shape index (κ1) is 15.3. The van der Waals surface area contributed by atoms with Crippen LogP contribution >= 0.6 is 11.3 Å². The first-order valence-electron chi connectivity index (χ1n) is 7.44. The summed E-state index contributed by atoms with van der Waals surface area (Å²) in [5, 5.41) is 3.60. The fraction of sp³-hybridized carbons (Fsp3) is 0.444. The van der Waals surface area contributed by atoms with Gasteiger partial charge < -0.3 is 5.32 Å². The second-order valence-electron chi connectivity index (χ2n) is 5.73. The van der Waals surface area contributed by atoms with Gasteiger partial charge in [0.2, 0.25) is 0 Å². The molecule has 0 bridgehead atoms. The van der Waals surface area contributed by atoms with E-state index in [1.54, 1.807) is 0 Å². The molecule has 1 aromatic heterocycles. The van der Waals surface area contributed by atoms with Crippen molar-refractivity contribution in [3.63, 3.8) is 0 Å². The van der Waals surface area contributed by atoms with E-state index in [0.717, 1.165) is 6.54 Å². The molecule has 108 valence electrons. The van der Waals surface area contributed by atoms with Crippen LogP contribution in [0, 0.1) is 19.8 Å². The highest BCUT2D eigenvalue weighted by Crippen LogP contribution is 2.36. The quantitative estimate of drug-likeness (QED) is 0.783. The molecule has 1 aromatic carbocycles. The van der Waals surface area contributed by atoms with Crippen LogP contribution in [0.3, 0.4) is 0 Å². The molecule has 2 rings (SSSR count). The van der Waals surface area contributed by atoms with Crippen molar-refractivity contribution < 1.29 is 0 Å². The molecule has 1 unspecified atom stereocenters. The smallest absolute Gasteiger partial charge is 0.0438 e. The van der Waals surface area contributed by atoms with Gasteiger partial charge in [-0.05, 0) is 55.1 Å². The van der Waals surface area contributed by atoms with Crippen molar-refractivity contribution in [3.05, 3.63) is 46.3 Å². The van der Waals surface area contributed by atoms with Gasteiger partial charge in [-0.25, -0.2) is 0 Å². The van der Waals surface area contributed by atoms with E-state index in [0.29, 0.717) is 12.0 Å². The molecule has 2 aromatic rings. The lowest BCUT2D eigenvalue weighted by Gasteiger charge is -2.20. The van der Waals surface area contributed by atoms with E-state index in [9.17, 15) is 0 Å². The fourth-order valence-electron chi connectivity index (χ4n) is 2.57. The summed E-state index contributed by atoms with van der Waals surface area (Å²) < 4.78 is 0. The van der Waals surface area contributed by atoms with Gasteiger partial charge in [0.05, 0.1) is 0 Å². The van der Waals surface area contributed by atoms with Crippen molar-refractivity contribution in [3.8, 4) is 10.4 Å². The van der Waals surface area contributed by atoms with E-state index in [2.05, 4.69) is 70.3 Å². The van der Waals surface area contributed by atoms with Crippen molar-refractivity contribution in [2.45, 2.75) is 40.7 Å². The molecule has 0 aliphatic rings. The molecule has 0 saturated heterocycles. The Morgan fingerprint density at radius 2 is 1.85 bits per heavy atom. The van der Waals surface area contributed by atoms with Crippen molar-refractivity contribution in [1.82, 2.24) is 5.32 Å². The molecule has 1 N–H and O–H groups in total. The maximum Gasteiger partial charge on any atom is 0.0438 e. The van der Waals surface area contributed by atoms with E-state index in [-0.39, 0.29) is 0 Å². The third-order valence-electron chi connectivity index (χ3n) is 3.89. The highest BCUT2D eigenvalue weighted by molar-refractivity contribution is 7.15. The average Bonchev–Trinajstić information content (AvgIpc) is 2.88. The monoisotopic (exact) mass is 287 g/mol. The second kappa shape index (κ2) is 6.55. The lowest BCUT2D eigenvalue weighted by Crippen LogP contribution is -2.24. The van der Waals surface area contributed by atoms with Crippen LogP contribution in [0.2, 0.25) is 0 Å². The molecule has 20 heavy (non-hydrogen) atoms. The molecule has 1 atom stereocenters. The average molecular weight is 287 g/mol. The maximum absolute atomic E-state index is 3.60. The Balaban J connectivity index is 2.35. The molecule has 0 saturated carbocycles. The maximum atomic E-state index is 3.60. The van der Waals surface area contributed by atoms with Crippen LogP contribution in [0.25, 0.3) is 10.4 Å². The van der Waals surface area contributed by atoms with Gasteiger partial charge in [0, 0.05) is 15.8 Å². The van der Waals surface area contributed by atoms with E-state index < -0.39 is 0 Å². The van der Waals surface area contributed by atoms with Crippen molar-refractivity contribution >= 4 is 11.3 Å². The molecule has 0 fully saturated rings. The summed E-state index contributed by atoms with van der Waals surface area (Å²) >= 11 is 1.92. The number of hydrogen-bond donors (Lipinski definition) is 1. The summed E-state index contributed by atoms with van der Waals surface area (Å²) in [6.07, 6.45) is 0. The number of aryl methyl sites for hydroxylation is 1. The normalized spacial score (nSPS) is 12.9. The first-order valence-corrected chi connectivity index (χ1v) is 8.26. The number of rotatable bonds is 5. The first-order chi connectivity index (χ1) is 9.54. The predicted octanol–water partition coefficient (Wildman–Crippen LogP) is 5.34. The van der Waals surface area contributed by atoms with Crippen LogP contribution in [-0.2, 0) is 0 Å². The van der Waals surface area contributed by atoms with Gasteiger partial charge in [-0.1, -0.05) is 39.0 Å². The Bertz CT molecular complexity index is 569. The molecule has 1 heterocycles. The summed E-state index contributed by atoms with van der Waals surface area (Å²) in [7, 11) is 0. The zero-order valence-corrected chi connectivity index (χ0v) is 14.0. The van der Waals surface area contributed by atoms with E-state index in [1.165, 1.54) is 26.4 Å². The number of benzene rings is 1. The zero-order valence-electron chi connectivity index (χ0n) is 13.2. The summed E-state index contributed by atoms with van der Waals surface area (Å²) in [4.78, 5) is 2.82. The number of hydrogen-bond acceptors (Lipinski definition) is 2. The van der Waals surface area contributed by atoms with Crippen LogP contribution in [0.1, 0.15) is 42.8 Å². The van der Waals surface area contributed by atoms with Gasteiger partial charge in [-0.3, -0.25) is 0 Å². The third-order valence-corrected chi connectivity index (χ3v) is 5.10. The Hall–Kier alpha value is -1.12. The molecule has 2 heteroatoms. The van der Waals surface area contributed by atoms with Crippen LogP contribution in [0.5, 0.6) is 0 Å². The molecule has 0 radical (unpaired) electrons. The van der Waals surface area contributed by atoms with Crippen molar-refractivity contribution in [2.75, 3.05) is 6.54 Å². The predicted molar refractivity (Wildman–Crippen MR) is 90.5 cm³/mol. The molecule has 0 aliphatic heterocycles. The molecule has 1 nitrogen and oxygen atoms in total. The Morgan fingerprint density at radius 3 is 2.50 bits per heavy atom. The van der Waals surface area contributed by atoms with Gasteiger partial charge in [0.25, 0.3) is 0 Å². The van der Waals surface area contributed by atoms with Crippen molar-refractivity contribution in [1.29, 1.82) is 0 Å². The Labute approximate surface area is 127 Å². The largest absolute Gasteiger partial charge is 0.309 e. The second-order valence-corrected chi connectivity index (χ2v) is 6.84. The zero-order chi connectivity index (χ0) is 14.7. The van der Waals surface area contributed by atoms with Gasteiger partial charge in [0.15, 0.2) is 0 Å².